The van der Waals surface area contributed by atoms with Crippen molar-refractivity contribution in [2.75, 3.05) is 19.0 Å². The number of hydrogen-bond donors (Lipinski definition) is 1. The number of amides is 1. The van der Waals surface area contributed by atoms with E-state index in [9.17, 15) is 4.79 Å². The van der Waals surface area contributed by atoms with Crippen molar-refractivity contribution >= 4 is 17.7 Å². The summed E-state index contributed by atoms with van der Waals surface area (Å²) in [6.07, 6.45) is 5.28. The maximum Gasteiger partial charge on any atom is 0.248 e. The number of para-hydroxylation sites is 2. The molecular formula is C28H31NO4. The number of nitrogens with one attached hydrogen (secondary N) is 1. The van der Waals surface area contributed by atoms with Crippen LogP contribution in [0.1, 0.15) is 36.5 Å². The summed E-state index contributed by atoms with van der Waals surface area (Å²) < 4.78 is 17.3. The minimum atomic E-state index is -0.234. The molecule has 172 valence electrons. The number of carbonyl (C=O) groups is 1. The van der Waals surface area contributed by atoms with Gasteiger partial charge in [0.2, 0.25) is 5.91 Å². The summed E-state index contributed by atoms with van der Waals surface area (Å²) in [5, 5.41) is 2.89. The Bertz CT molecular complexity index is 1080. The first-order valence-corrected chi connectivity index (χ1v) is 11.2. The molecule has 0 radical (unpaired) electrons. The number of ether oxygens (including phenoxy) is 3. The SMILES string of the molecule is CCCCOc1ccccc1NC(=O)/C=C/c1cc(C)c(OCc2ccccc2)c(OC)c1. The van der Waals surface area contributed by atoms with Crippen LogP contribution in [-0.4, -0.2) is 19.6 Å². The molecule has 0 heterocycles. The molecule has 3 aromatic rings. The molecule has 3 rings (SSSR count). The van der Waals surface area contributed by atoms with Gasteiger partial charge in [0.05, 0.1) is 19.4 Å². The second-order valence-corrected chi connectivity index (χ2v) is 7.66. The molecule has 1 N–H and O–H groups in total. The standard InChI is InChI=1S/C28H31NO4/c1-4-5-17-32-25-14-10-9-13-24(25)29-27(30)16-15-23-18-21(2)28(26(19-23)31-3)33-20-22-11-7-6-8-12-22/h6-16,18-19H,4-5,17,20H2,1-3H3,(H,29,30)/b16-15+. The van der Waals surface area contributed by atoms with Gasteiger partial charge < -0.3 is 19.5 Å². The number of rotatable bonds is 11. The summed E-state index contributed by atoms with van der Waals surface area (Å²) in [6, 6.07) is 21.3. The summed E-state index contributed by atoms with van der Waals surface area (Å²) >= 11 is 0. The number of anilines is 1. The van der Waals surface area contributed by atoms with Crippen LogP contribution in [0.2, 0.25) is 0 Å². The van der Waals surface area contributed by atoms with Crippen molar-refractivity contribution in [1.29, 1.82) is 0 Å². The first-order chi connectivity index (χ1) is 16.1. The quantitative estimate of drug-likeness (QED) is 0.274. The normalized spacial score (nSPS) is 10.8. The van der Waals surface area contributed by atoms with Crippen molar-refractivity contribution in [2.45, 2.75) is 33.3 Å². The molecule has 0 spiro atoms. The summed E-state index contributed by atoms with van der Waals surface area (Å²) in [4.78, 5) is 12.5. The highest BCUT2D eigenvalue weighted by Crippen LogP contribution is 2.33. The topological polar surface area (TPSA) is 56.8 Å². The summed E-state index contributed by atoms with van der Waals surface area (Å²) in [5.41, 5.74) is 3.51. The molecule has 0 unspecified atom stereocenters. The number of methoxy groups -OCH3 is 1. The van der Waals surface area contributed by atoms with E-state index in [0.717, 1.165) is 29.5 Å². The van der Waals surface area contributed by atoms with Crippen molar-refractivity contribution in [3.63, 3.8) is 0 Å². The molecule has 1 amide bonds. The minimum Gasteiger partial charge on any atom is -0.493 e. The molecule has 0 aliphatic rings. The summed E-state index contributed by atoms with van der Waals surface area (Å²) in [6.45, 7) is 5.15. The van der Waals surface area contributed by atoms with E-state index in [4.69, 9.17) is 14.2 Å². The molecule has 0 saturated carbocycles. The average Bonchev–Trinajstić information content (AvgIpc) is 2.83. The van der Waals surface area contributed by atoms with Crippen molar-refractivity contribution < 1.29 is 19.0 Å². The van der Waals surface area contributed by atoms with Crippen LogP contribution in [0.4, 0.5) is 5.69 Å². The third kappa shape index (κ3) is 7.14. The molecular weight excluding hydrogens is 414 g/mol. The Morgan fingerprint density at radius 2 is 1.73 bits per heavy atom. The second-order valence-electron chi connectivity index (χ2n) is 7.66. The number of aryl methyl sites for hydroxylation is 1. The van der Waals surface area contributed by atoms with Gasteiger partial charge in [-0.2, -0.15) is 0 Å². The predicted octanol–water partition coefficient (Wildman–Crippen LogP) is 6.41. The van der Waals surface area contributed by atoms with Gasteiger partial charge in [0.25, 0.3) is 0 Å². The molecule has 0 aliphatic carbocycles. The van der Waals surface area contributed by atoms with E-state index in [1.165, 1.54) is 6.08 Å². The lowest BCUT2D eigenvalue weighted by Crippen LogP contribution is -2.09. The van der Waals surface area contributed by atoms with E-state index < -0.39 is 0 Å². The lowest BCUT2D eigenvalue weighted by molar-refractivity contribution is -0.111. The van der Waals surface area contributed by atoms with Crippen LogP contribution in [-0.2, 0) is 11.4 Å². The van der Waals surface area contributed by atoms with E-state index in [-0.39, 0.29) is 5.91 Å². The van der Waals surface area contributed by atoms with Crippen molar-refractivity contribution in [3.05, 3.63) is 89.5 Å². The lowest BCUT2D eigenvalue weighted by atomic mass is 10.1. The number of benzene rings is 3. The Labute approximate surface area is 196 Å². The third-order valence-electron chi connectivity index (χ3n) is 5.04. The molecule has 5 nitrogen and oxygen atoms in total. The second kappa shape index (κ2) is 12.3. The number of hydrogen-bond acceptors (Lipinski definition) is 4. The largest absolute Gasteiger partial charge is 0.493 e. The molecule has 0 fully saturated rings. The van der Waals surface area contributed by atoms with Crippen LogP contribution in [0.15, 0.2) is 72.8 Å². The Kier molecular flexibility index (Phi) is 8.95. The van der Waals surface area contributed by atoms with Gasteiger partial charge in [0.1, 0.15) is 12.4 Å². The predicted molar refractivity (Wildman–Crippen MR) is 133 cm³/mol. The van der Waals surface area contributed by atoms with Crippen LogP contribution in [0.5, 0.6) is 17.2 Å². The smallest absolute Gasteiger partial charge is 0.248 e. The van der Waals surface area contributed by atoms with Gasteiger partial charge in [0.15, 0.2) is 11.5 Å². The summed E-state index contributed by atoms with van der Waals surface area (Å²) in [5.74, 6) is 1.76. The number of unbranched alkanes of at least 4 members (excludes halogenated alkanes) is 1. The van der Waals surface area contributed by atoms with Gasteiger partial charge in [-0.3, -0.25) is 4.79 Å². The van der Waals surface area contributed by atoms with Crippen LogP contribution in [0.3, 0.4) is 0 Å². The average molecular weight is 446 g/mol. The van der Waals surface area contributed by atoms with E-state index in [2.05, 4.69) is 12.2 Å². The maximum absolute atomic E-state index is 12.5. The Morgan fingerprint density at radius 1 is 0.970 bits per heavy atom. The molecule has 0 aliphatic heterocycles. The van der Waals surface area contributed by atoms with Gasteiger partial charge in [-0.25, -0.2) is 0 Å². The highest BCUT2D eigenvalue weighted by atomic mass is 16.5. The Balaban J connectivity index is 1.67. The van der Waals surface area contributed by atoms with Crippen LogP contribution < -0.4 is 19.5 Å². The van der Waals surface area contributed by atoms with Gasteiger partial charge in [-0.05, 0) is 60.4 Å². The zero-order valence-corrected chi connectivity index (χ0v) is 19.5. The molecule has 33 heavy (non-hydrogen) atoms. The first kappa shape index (κ1) is 23.9. The third-order valence-corrected chi connectivity index (χ3v) is 5.04. The molecule has 0 bridgehead atoms. The van der Waals surface area contributed by atoms with Gasteiger partial charge in [-0.1, -0.05) is 55.8 Å². The highest BCUT2D eigenvalue weighted by Gasteiger charge is 2.11. The van der Waals surface area contributed by atoms with E-state index in [1.54, 1.807) is 13.2 Å². The first-order valence-electron chi connectivity index (χ1n) is 11.2. The van der Waals surface area contributed by atoms with Crippen molar-refractivity contribution in [3.8, 4) is 17.2 Å². The fraction of sp³-hybridized carbons (Fsp3) is 0.250. The van der Waals surface area contributed by atoms with E-state index in [0.29, 0.717) is 36.1 Å². The minimum absolute atomic E-state index is 0.234. The van der Waals surface area contributed by atoms with E-state index >= 15 is 0 Å². The maximum atomic E-state index is 12.5. The Hall–Kier alpha value is -3.73. The van der Waals surface area contributed by atoms with Gasteiger partial charge in [0, 0.05) is 6.08 Å². The fourth-order valence-electron chi connectivity index (χ4n) is 3.30. The van der Waals surface area contributed by atoms with Crippen LogP contribution in [0, 0.1) is 6.92 Å². The van der Waals surface area contributed by atoms with Crippen molar-refractivity contribution in [1.82, 2.24) is 0 Å². The van der Waals surface area contributed by atoms with Gasteiger partial charge >= 0.3 is 0 Å². The zero-order chi connectivity index (χ0) is 23.5. The molecule has 5 heteroatoms. The van der Waals surface area contributed by atoms with Crippen LogP contribution in [0.25, 0.3) is 6.08 Å². The molecule has 3 aromatic carbocycles. The molecule has 0 saturated heterocycles. The molecule has 0 atom stereocenters. The zero-order valence-electron chi connectivity index (χ0n) is 19.5. The summed E-state index contributed by atoms with van der Waals surface area (Å²) in [7, 11) is 1.61. The fourth-order valence-corrected chi connectivity index (χ4v) is 3.30. The number of carbonyl (C=O) groups excluding carboxylic acids is 1. The van der Waals surface area contributed by atoms with E-state index in [1.807, 2.05) is 73.7 Å². The van der Waals surface area contributed by atoms with Gasteiger partial charge in [-0.15, -0.1) is 0 Å². The highest BCUT2D eigenvalue weighted by molar-refractivity contribution is 6.02. The lowest BCUT2D eigenvalue weighted by Gasteiger charge is -2.14. The molecule has 0 aromatic heterocycles. The van der Waals surface area contributed by atoms with Crippen LogP contribution >= 0.6 is 0 Å². The van der Waals surface area contributed by atoms with Crippen molar-refractivity contribution in [2.24, 2.45) is 0 Å². The Morgan fingerprint density at radius 3 is 2.48 bits per heavy atom. The monoisotopic (exact) mass is 445 g/mol.